The summed E-state index contributed by atoms with van der Waals surface area (Å²) in [6.45, 7) is -0.743. The van der Waals surface area contributed by atoms with Crippen LogP contribution in [0.3, 0.4) is 0 Å². The van der Waals surface area contributed by atoms with Crippen LogP contribution < -0.4 is 113 Å². The Labute approximate surface area is 188 Å². The van der Waals surface area contributed by atoms with Gasteiger partial charge in [0, 0.05) is 0 Å². The molecular weight excluding hydrogens is 325 g/mol. The second kappa shape index (κ2) is 10.1. The fourth-order valence-corrected chi connectivity index (χ4v) is 1.71. The molecule has 18 heavy (non-hydrogen) atoms. The van der Waals surface area contributed by atoms with E-state index in [-0.39, 0.29) is 103 Å². The van der Waals surface area contributed by atoms with Gasteiger partial charge in [-0.2, -0.15) is 0 Å². The first kappa shape index (κ1) is 23.4. The third kappa shape index (κ3) is 6.96. The van der Waals surface area contributed by atoms with Crippen LogP contribution in [0.5, 0.6) is 0 Å². The monoisotopic (exact) mass is 336 g/mol. The zero-order chi connectivity index (χ0) is 12.5. The molecule has 96 valence electrons. The number of phosphoric acid groups is 1. The first-order chi connectivity index (χ1) is 7.26. The summed E-state index contributed by atoms with van der Waals surface area (Å²) in [6, 6.07) is 0. The molecule has 1 aliphatic rings. The Morgan fingerprint density at radius 1 is 1.11 bits per heavy atom. The number of hydrogen-bond donors (Lipinski definition) is 4. The van der Waals surface area contributed by atoms with Gasteiger partial charge in [-0.25, -0.2) is 0 Å². The zero-order valence-corrected chi connectivity index (χ0v) is 17.0. The molecule has 0 saturated carbocycles. The first-order valence-corrected chi connectivity index (χ1v) is 5.73. The van der Waals surface area contributed by atoms with Crippen molar-refractivity contribution in [1.82, 2.24) is 0 Å². The summed E-state index contributed by atoms with van der Waals surface area (Å²) >= 11 is 0. The molecule has 9 nitrogen and oxygen atoms in total. The maximum atomic E-state index is 10.3. The molecule has 2 unspecified atom stereocenters. The molecule has 1 aliphatic heterocycles. The smallest absolute Gasteiger partial charge is 0.790 e. The van der Waals surface area contributed by atoms with E-state index < -0.39 is 45.1 Å². The van der Waals surface area contributed by atoms with Crippen molar-refractivity contribution in [2.45, 2.75) is 30.7 Å². The SMILES string of the molecule is O=P([O-])([O-])O[C@H]1OC(CO)[C@@H](O)[C@@H](O)C1O.[K+].[K+]. The van der Waals surface area contributed by atoms with E-state index in [0.29, 0.717) is 0 Å². The minimum atomic E-state index is -5.41. The Morgan fingerprint density at radius 3 is 2.00 bits per heavy atom. The zero-order valence-electron chi connectivity index (χ0n) is 9.87. The molecule has 1 saturated heterocycles. The van der Waals surface area contributed by atoms with E-state index >= 15 is 0 Å². The Morgan fingerprint density at radius 2 is 1.61 bits per heavy atom. The van der Waals surface area contributed by atoms with Crippen LogP contribution in [0.1, 0.15) is 0 Å². The third-order valence-electron chi connectivity index (χ3n) is 2.08. The minimum absolute atomic E-state index is 0. The van der Waals surface area contributed by atoms with Gasteiger partial charge in [0.15, 0.2) is 6.29 Å². The standard InChI is InChI=1S/C6H13O9P.2K/c7-1-2-3(8)4(9)5(10)6(14-2)15-16(11,12)13;;/h2-10H,1H2,(H2,11,12,13);;/q;2*+1/p-2/t2?,3-,4-,5?,6-;;/m1../s1. The van der Waals surface area contributed by atoms with Crippen molar-refractivity contribution in [3.05, 3.63) is 0 Å². The summed E-state index contributed by atoms with van der Waals surface area (Å²) in [4.78, 5) is 20.6. The number of aliphatic hydroxyl groups excluding tert-OH is 4. The van der Waals surface area contributed by atoms with Gasteiger partial charge in [0.25, 0.3) is 0 Å². The molecule has 0 aromatic rings. The quantitative estimate of drug-likeness (QED) is 0.289. The summed E-state index contributed by atoms with van der Waals surface area (Å²) in [5.74, 6) is 0. The molecule has 12 heteroatoms. The summed E-state index contributed by atoms with van der Waals surface area (Å²) in [6.07, 6.45) is -8.61. The predicted molar refractivity (Wildman–Crippen MR) is 42.5 cm³/mol. The largest absolute Gasteiger partial charge is 1.00 e. The molecule has 1 heterocycles. The summed E-state index contributed by atoms with van der Waals surface area (Å²) in [5.41, 5.74) is 0. The fourth-order valence-electron chi connectivity index (χ4n) is 1.28. The van der Waals surface area contributed by atoms with Crippen LogP contribution in [-0.4, -0.2) is 57.7 Å². The van der Waals surface area contributed by atoms with Crippen LogP contribution in [0.4, 0.5) is 0 Å². The van der Waals surface area contributed by atoms with E-state index in [2.05, 4.69) is 9.26 Å². The normalized spacial score (nSPS) is 36.4. The third-order valence-corrected chi connectivity index (χ3v) is 2.55. The molecule has 0 aliphatic carbocycles. The van der Waals surface area contributed by atoms with Gasteiger partial charge in [0.1, 0.15) is 24.4 Å². The molecule has 0 aromatic carbocycles. The minimum Gasteiger partial charge on any atom is -0.790 e. The van der Waals surface area contributed by atoms with E-state index in [9.17, 15) is 29.7 Å². The van der Waals surface area contributed by atoms with E-state index in [0.717, 1.165) is 0 Å². The molecule has 0 bridgehead atoms. The average Bonchev–Trinajstić information content (AvgIpc) is 2.17. The van der Waals surface area contributed by atoms with Crippen molar-refractivity contribution in [3.63, 3.8) is 0 Å². The second-order valence-corrected chi connectivity index (χ2v) is 4.36. The fraction of sp³-hybridized carbons (Fsp3) is 1.00. The molecule has 0 amide bonds. The number of ether oxygens (including phenoxy) is 1. The van der Waals surface area contributed by atoms with Crippen LogP contribution in [-0.2, 0) is 13.8 Å². The number of rotatable bonds is 3. The molecule has 4 N–H and O–H groups in total. The Hall–Kier alpha value is 3.18. The van der Waals surface area contributed by atoms with Gasteiger partial charge in [0.2, 0.25) is 0 Å². The molecule has 1 fully saturated rings. The topological polar surface area (TPSA) is 163 Å². The van der Waals surface area contributed by atoms with Gasteiger partial charge in [0.05, 0.1) is 14.4 Å². The van der Waals surface area contributed by atoms with Crippen molar-refractivity contribution in [1.29, 1.82) is 0 Å². The van der Waals surface area contributed by atoms with Crippen molar-refractivity contribution >= 4 is 7.82 Å². The second-order valence-electron chi connectivity index (χ2n) is 3.25. The van der Waals surface area contributed by atoms with Gasteiger partial charge < -0.3 is 44.0 Å². The van der Waals surface area contributed by atoms with Crippen molar-refractivity contribution in [3.8, 4) is 0 Å². The van der Waals surface area contributed by atoms with Crippen molar-refractivity contribution in [2.24, 2.45) is 0 Å². The average molecular weight is 336 g/mol. The summed E-state index contributed by atoms with van der Waals surface area (Å²) in [7, 11) is -5.41. The van der Waals surface area contributed by atoms with Crippen molar-refractivity contribution < 1.29 is 147 Å². The van der Waals surface area contributed by atoms with Gasteiger partial charge in [-0.1, -0.05) is 0 Å². The van der Waals surface area contributed by atoms with Gasteiger partial charge in [-0.15, -0.1) is 0 Å². The van der Waals surface area contributed by atoms with E-state index in [1.54, 1.807) is 0 Å². The number of hydrogen-bond acceptors (Lipinski definition) is 9. The van der Waals surface area contributed by atoms with Crippen LogP contribution in [0, 0.1) is 0 Å². The van der Waals surface area contributed by atoms with Gasteiger partial charge in [-0.05, 0) is 0 Å². The van der Waals surface area contributed by atoms with Crippen LogP contribution in [0.25, 0.3) is 0 Å². The van der Waals surface area contributed by atoms with Crippen molar-refractivity contribution in [2.75, 3.05) is 6.61 Å². The summed E-state index contributed by atoms with van der Waals surface area (Å²) < 4.78 is 18.7. The molecule has 5 atom stereocenters. The van der Waals surface area contributed by atoms with E-state index in [1.807, 2.05) is 0 Å². The van der Waals surface area contributed by atoms with Gasteiger partial charge >= 0.3 is 103 Å². The maximum Gasteiger partial charge on any atom is 1.00 e. The molecule has 1 rings (SSSR count). The number of aliphatic hydroxyl groups is 4. The van der Waals surface area contributed by atoms with Gasteiger partial charge in [-0.3, -0.25) is 0 Å². The Balaban J connectivity index is 0. The van der Waals surface area contributed by atoms with E-state index in [1.165, 1.54) is 0 Å². The predicted octanol–water partition coefficient (Wildman–Crippen LogP) is -10.4. The molecule has 0 spiro atoms. The Kier molecular flexibility index (Phi) is 13.1. The van der Waals surface area contributed by atoms with Crippen LogP contribution >= 0.6 is 7.82 Å². The molecule has 0 aromatic heterocycles. The molecular formula is C6H11K2O9P. The maximum absolute atomic E-state index is 10.3. The molecule has 0 radical (unpaired) electrons. The summed E-state index contributed by atoms with van der Waals surface area (Å²) in [5, 5.41) is 36.5. The Bertz CT molecular complexity index is 284. The van der Waals surface area contributed by atoms with E-state index in [4.69, 9.17) is 5.11 Å². The van der Waals surface area contributed by atoms with Crippen LogP contribution in [0.2, 0.25) is 0 Å². The van der Waals surface area contributed by atoms with Crippen LogP contribution in [0.15, 0.2) is 0 Å². The number of phosphoric ester groups is 1. The first-order valence-electron chi connectivity index (χ1n) is 4.27.